The zero-order chi connectivity index (χ0) is 22.2. The van der Waals surface area contributed by atoms with E-state index in [9.17, 15) is 19.2 Å². The monoisotopic (exact) mass is 416 g/mol. The van der Waals surface area contributed by atoms with Crippen LogP contribution in [0.1, 0.15) is 41.5 Å². The number of amides is 2. The fourth-order valence-corrected chi connectivity index (χ4v) is 2.99. The van der Waals surface area contributed by atoms with Crippen LogP contribution in [0.25, 0.3) is 0 Å². The van der Waals surface area contributed by atoms with Crippen LogP contribution in [0.2, 0.25) is 0 Å². The van der Waals surface area contributed by atoms with E-state index in [-0.39, 0.29) is 19.8 Å². The largest absolute Gasteiger partial charge is 0.466 e. The van der Waals surface area contributed by atoms with Crippen LogP contribution >= 0.6 is 0 Å². The molecule has 0 aromatic rings. The van der Waals surface area contributed by atoms with E-state index in [0.717, 1.165) is 0 Å². The first kappa shape index (κ1) is 24.5. The predicted molar refractivity (Wildman–Crippen MR) is 102 cm³/mol. The van der Waals surface area contributed by atoms with Crippen molar-refractivity contribution in [2.45, 2.75) is 53.2 Å². The van der Waals surface area contributed by atoms with Gasteiger partial charge >= 0.3 is 24.1 Å². The van der Waals surface area contributed by atoms with Gasteiger partial charge in [0.25, 0.3) is 0 Å². The maximum atomic E-state index is 12.5. The molecule has 0 heterocycles. The summed E-state index contributed by atoms with van der Waals surface area (Å²) in [5, 5.41) is 4.97. The molecule has 10 heteroatoms. The number of hydrogen-bond acceptors (Lipinski definition) is 8. The van der Waals surface area contributed by atoms with Crippen molar-refractivity contribution < 1.29 is 38.1 Å². The Hall–Kier alpha value is -2.52. The Balaban J connectivity index is 2.97. The molecule has 2 amide bonds. The van der Waals surface area contributed by atoms with Gasteiger partial charge < -0.3 is 29.6 Å². The van der Waals surface area contributed by atoms with Gasteiger partial charge in [-0.05, 0) is 41.5 Å². The smallest absolute Gasteiger partial charge is 0.408 e. The molecule has 2 N–H and O–H groups in total. The molecule has 10 nitrogen and oxygen atoms in total. The molecule has 0 aromatic heterocycles. The Bertz CT molecular complexity index is 602. The van der Waals surface area contributed by atoms with E-state index in [0.29, 0.717) is 6.54 Å². The highest BCUT2D eigenvalue weighted by Gasteiger charge is 2.62. The van der Waals surface area contributed by atoms with E-state index >= 15 is 0 Å². The minimum Gasteiger partial charge on any atom is -0.466 e. The Morgan fingerprint density at radius 3 is 2.07 bits per heavy atom. The van der Waals surface area contributed by atoms with E-state index < -0.39 is 53.5 Å². The molecule has 166 valence electrons. The van der Waals surface area contributed by atoms with Crippen LogP contribution in [0.15, 0.2) is 0 Å². The van der Waals surface area contributed by atoms with Gasteiger partial charge in [-0.1, -0.05) is 0 Å². The Kier molecular flexibility index (Phi) is 9.19. The lowest BCUT2D eigenvalue weighted by atomic mass is 10.1. The molecule has 1 aliphatic carbocycles. The van der Waals surface area contributed by atoms with Crippen LogP contribution in [0.5, 0.6) is 0 Å². The van der Waals surface area contributed by atoms with E-state index in [2.05, 4.69) is 10.6 Å². The summed E-state index contributed by atoms with van der Waals surface area (Å²) in [6.45, 7) is 10.6. The van der Waals surface area contributed by atoms with Gasteiger partial charge in [0.05, 0.1) is 25.7 Å². The Morgan fingerprint density at radius 2 is 1.55 bits per heavy atom. The molecular weight excluding hydrogens is 384 g/mol. The first-order valence-electron chi connectivity index (χ1n) is 9.79. The fraction of sp³-hybridized carbons (Fsp3) is 0.789. The van der Waals surface area contributed by atoms with Crippen LogP contribution in [0, 0.1) is 17.8 Å². The molecule has 29 heavy (non-hydrogen) atoms. The molecule has 0 saturated heterocycles. The molecule has 0 aromatic carbocycles. The van der Waals surface area contributed by atoms with E-state index in [1.54, 1.807) is 41.5 Å². The van der Waals surface area contributed by atoms with Crippen molar-refractivity contribution in [3.63, 3.8) is 0 Å². The number of nitrogens with one attached hydrogen (secondary N) is 2. The first-order valence-corrected chi connectivity index (χ1v) is 9.79. The number of carbonyl (C=O) groups excluding carboxylic acids is 4. The number of ether oxygens (including phenoxy) is 4. The van der Waals surface area contributed by atoms with Crippen molar-refractivity contribution >= 4 is 24.1 Å². The molecule has 1 rings (SSSR count). The van der Waals surface area contributed by atoms with Gasteiger partial charge in [-0.2, -0.15) is 0 Å². The highest BCUT2D eigenvalue weighted by atomic mass is 16.6. The van der Waals surface area contributed by atoms with Gasteiger partial charge in [0.15, 0.2) is 0 Å². The second-order valence-electron chi connectivity index (χ2n) is 7.52. The lowest BCUT2D eigenvalue weighted by molar-refractivity contribution is -0.147. The maximum absolute atomic E-state index is 12.5. The Morgan fingerprint density at radius 1 is 0.931 bits per heavy atom. The van der Waals surface area contributed by atoms with E-state index in [1.807, 2.05) is 0 Å². The highest BCUT2D eigenvalue weighted by molar-refractivity contribution is 5.85. The molecule has 0 aliphatic heterocycles. The third kappa shape index (κ3) is 7.78. The van der Waals surface area contributed by atoms with Crippen molar-refractivity contribution in [3.05, 3.63) is 0 Å². The van der Waals surface area contributed by atoms with Gasteiger partial charge in [0.2, 0.25) is 0 Å². The zero-order valence-corrected chi connectivity index (χ0v) is 17.9. The third-order valence-electron chi connectivity index (χ3n) is 4.11. The topological polar surface area (TPSA) is 129 Å². The average Bonchev–Trinajstić information content (AvgIpc) is 3.31. The molecule has 0 radical (unpaired) electrons. The summed E-state index contributed by atoms with van der Waals surface area (Å²) in [5.74, 6) is -3.08. The predicted octanol–water partition coefficient (Wildman–Crippen LogP) is 1.61. The number of alkyl carbamates (subject to hydrolysis) is 2. The number of esters is 2. The Labute approximate surface area is 171 Å². The summed E-state index contributed by atoms with van der Waals surface area (Å²) in [5.41, 5.74) is -0.770. The molecule has 4 atom stereocenters. The van der Waals surface area contributed by atoms with Gasteiger partial charge in [0, 0.05) is 18.4 Å². The number of rotatable bonds is 9. The van der Waals surface area contributed by atoms with Gasteiger partial charge in [-0.15, -0.1) is 0 Å². The lowest BCUT2D eigenvalue weighted by Crippen LogP contribution is -2.46. The summed E-state index contributed by atoms with van der Waals surface area (Å²) in [6.07, 6.45) is -1.44. The van der Waals surface area contributed by atoms with Crippen LogP contribution < -0.4 is 10.6 Å². The van der Waals surface area contributed by atoms with Gasteiger partial charge in [0.1, 0.15) is 11.6 Å². The second-order valence-corrected chi connectivity index (χ2v) is 7.52. The van der Waals surface area contributed by atoms with Gasteiger partial charge in [-0.25, -0.2) is 14.4 Å². The first-order chi connectivity index (χ1) is 13.6. The van der Waals surface area contributed by atoms with Crippen LogP contribution in [-0.4, -0.2) is 62.1 Å². The highest BCUT2D eigenvalue weighted by Crippen LogP contribution is 2.50. The SMILES string of the molecule is CCNC(=O)OCC1C(C(=O)OCC)C1C(NC(=O)OC(C)(C)C)C(=O)OCC. The molecule has 4 unspecified atom stereocenters. The van der Waals surface area contributed by atoms with Crippen molar-refractivity contribution in [2.24, 2.45) is 17.8 Å². The molecule has 1 saturated carbocycles. The minimum absolute atomic E-state index is 0.0994. The van der Waals surface area contributed by atoms with Crippen LogP contribution in [0.4, 0.5) is 9.59 Å². The lowest BCUT2D eigenvalue weighted by Gasteiger charge is -2.23. The molecule has 0 spiro atoms. The molecule has 0 bridgehead atoms. The third-order valence-corrected chi connectivity index (χ3v) is 4.11. The zero-order valence-electron chi connectivity index (χ0n) is 17.9. The minimum atomic E-state index is -1.14. The number of carbonyl (C=O) groups is 4. The van der Waals surface area contributed by atoms with Crippen molar-refractivity contribution in [3.8, 4) is 0 Å². The van der Waals surface area contributed by atoms with E-state index in [1.165, 1.54) is 0 Å². The summed E-state index contributed by atoms with van der Waals surface area (Å²) in [6, 6.07) is -1.14. The number of hydrogen-bond donors (Lipinski definition) is 2. The quantitative estimate of drug-likeness (QED) is 0.428. The molecule has 1 aliphatic rings. The van der Waals surface area contributed by atoms with E-state index in [4.69, 9.17) is 18.9 Å². The molecular formula is C19H32N2O8. The summed E-state index contributed by atoms with van der Waals surface area (Å²) >= 11 is 0. The van der Waals surface area contributed by atoms with Crippen LogP contribution in [0.3, 0.4) is 0 Å². The standard InChI is InChI=1S/C19H32N2O8/c1-7-20-17(24)28-10-11-12(13(11)15(22)26-8-2)14(16(23)27-9-3)21-18(25)29-19(4,5)6/h11-14H,7-10H2,1-6H3,(H,20,24)(H,21,25). The average molecular weight is 416 g/mol. The fourth-order valence-electron chi connectivity index (χ4n) is 2.99. The van der Waals surface area contributed by atoms with Crippen LogP contribution in [-0.2, 0) is 28.5 Å². The van der Waals surface area contributed by atoms with Crippen molar-refractivity contribution in [2.75, 3.05) is 26.4 Å². The summed E-state index contributed by atoms with van der Waals surface area (Å²) < 4.78 is 20.5. The summed E-state index contributed by atoms with van der Waals surface area (Å²) in [4.78, 5) is 48.6. The maximum Gasteiger partial charge on any atom is 0.408 e. The van der Waals surface area contributed by atoms with Crippen molar-refractivity contribution in [1.29, 1.82) is 0 Å². The summed E-state index contributed by atoms with van der Waals surface area (Å²) in [7, 11) is 0. The van der Waals surface area contributed by atoms with Gasteiger partial charge in [-0.3, -0.25) is 4.79 Å². The molecule has 1 fully saturated rings. The van der Waals surface area contributed by atoms with Crippen molar-refractivity contribution in [1.82, 2.24) is 10.6 Å². The normalized spacial score (nSPS) is 21.4. The second kappa shape index (κ2) is 10.9.